The van der Waals surface area contributed by atoms with Gasteiger partial charge in [-0.25, -0.2) is 0 Å². The number of amides is 2. The maximum absolute atomic E-state index is 12.7. The largest absolute Gasteiger partial charge is 0.326 e. The van der Waals surface area contributed by atoms with Crippen LogP contribution in [0.4, 0.5) is 11.4 Å². The second kappa shape index (κ2) is 9.42. The SMILES string of the molecule is C[C@H]1C[C@@H](C(=O)Nc2ccc(CC(=O)N3CCc4ccccc43)cc2)CCN1.Cl. The number of rotatable bonds is 4. The lowest BCUT2D eigenvalue weighted by atomic mass is 9.92. The van der Waals surface area contributed by atoms with Crippen molar-refractivity contribution in [3.8, 4) is 0 Å². The van der Waals surface area contributed by atoms with Crippen LogP contribution >= 0.6 is 12.4 Å². The molecule has 2 aliphatic heterocycles. The van der Waals surface area contributed by atoms with Gasteiger partial charge in [0.1, 0.15) is 0 Å². The molecule has 0 aromatic heterocycles. The third kappa shape index (κ3) is 4.98. The number of hydrogen-bond donors (Lipinski definition) is 2. The van der Waals surface area contributed by atoms with Crippen LogP contribution in [0.25, 0.3) is 0 Å². The Kier molecular flexibility index (Phi) is 6.93. The van der Waals surface area contributed by atoms with Crippen molar-refractivity contribution in [2.24, 2.45) is 5.92 Å². The van der Waals surface area contributed by atoms with Crippen molar-refractivity contribution in [3.63, 3.8) is 0 Å². The van der Waals surface area contributed by atoms with Crippen LogP contribution < -0.4 is 15.5 Å². The normalized spacial score (nSPS) is 20.5. The molecule has 1 fully saturated rings. The molecule has 0 radical (unpaired) electrons. The van der Waals surface area contributed by atoms with Crippen LogP contribution in [0.5, 0.6) is 0 Å². The van der Waals surface area contributed by atoms with E-state index in [4.69, 9.17) is 0 Å². The molecule has 0 spiro atoms. The zero-order chi connectivity index (χ0) is 19.5. The number of benzene rings is 2. The summed E-state index contributed by atoms with van der Waals surface area (Å²) >= 11 is 0. The lowest BCUT2D eigenvalue weighted by molar-refractivity contribution is -0.121. The maximum Gasteiger partial charge on any atom is 0.231 e. The number of nitrogens with zero attached hydrogens (tertiary/aromatic N) is 1. The molecule has 2 heterocycles. The molecule has 0 aliphatic carbocycles. The van der Waals surface area contributed by atoms with E-state index >= 15 is 0 Å². The van der Waals surface area contributed by atoms with Gasteiger partial charge < -0.3 is 15.5 Å². The number of para-hydroxylation sites is 1. The molecule has 154 valence electrons. The van der Waals surface area contributed by atoms with Crippen LogP contribution in [0.1, 0.15) is 30.9 Å². The molecule has 6 heteroatoms. The molecule has 0 unspecified atom stereocenters. The van der Waals surface area contributed by atoms with Gasteiger partial charge in [-0.3, -0.25) is 9.59 Å². The zero-order valence-corrected chi connectivity index (χ0v) is 17.5. The van der Waals surface area contributed by atoms with Gasteiger partial charge in [0.05, 0.1) is 6.42 Å². The van der Waals surface area contributed by atoms with Gasteiger partial charge in [-0.1, -0.05) is 30.3 Å². The molecule has 2 N–H and O–H groups in total. The number of anilines is 2. The molecule has 2 aromatic rings. The summed E-state index contributed by atoms with van der Waals surface area (Å²) in [5.41, 5.74) is 4.02. The van der Waals surface area contributed by atoms with E-state index in [1.807, 2.05) is 47.4 Å². The van der Waals surface area contributed by atoms with Crippen molar-refractivity contribution in [2.45, 2.75) is 38.6 Å². The Morgan fingerprint density at radius 3 is 2.66 bits per heavy atom. The molecule has 2 amide bonds. The van der Waals surface area contributed by atoms with Crippen molar-refractivity contribution in [1.82, 2.24) is 5.32 Å². The zero-order valence-electron chi connectivity index (χ0n) is 16.7. The van der Waals surface area contributed by atoms with Gasteiger partial charge in [-0.15, -0.1) is 12.4 Å². The standard InChI is InChI=1S/C23H27N3O2.ClH/c1-16-14-19(10-12-24-16)23(28)25-20-8-6-17(7-9-20)15-22(27)26-13-11-18-4-2-3-5-21(18)26;/h2-9,16,19,24H,10-15H2,1H3,(H,25,28);1H/t16-,19-;/m0./s1. The molecule has 2 atom stereocenters. The highest BCUT2D eigenvalue weighted by Crippen LogP contribution is 2.28. The van der Waals surface area contributed by atoms with E-state index in [1.165, 1.54) is 5.56 Å². The molecule has 29 heavy (non-hydrogen) atoms. The summed E-state index contributed by atoms with van der Waals surface area (Å²) in [6.45, 7) is 3.75. The third-order valence-electron chi connectivity index (χ3n) is 5.76. The van der Waals surface area contributed by atoms with Gasteiger partial charge in [0.25, 0.3) is 0 Å². The average Bonchev–Trinajstić information content (AvgIpc) is 3.14. The second-order valence-electron chi connectivity index (χ2n) is 7.86. The van der Waals surface area contributed by atoms with Gasteiger partial charge in [-0.2, -0.15) is 0 Å². The monoisotopic (exact) mass is 413 g/mol. The van der Waals surface area contributed by atoms with E-state index in [9.17, 15) is 9.59 Å². The van der Waals surface area contributed by atoms with E-state index in [-0.39, 0.29) is 30.1 Å². The highest BCUT2D eigenvalue weighted by molar-refractivity contribution is 5.97. The Labute approximate surface area is 178 Å². The smallest absolute Gasteiger partial charge is 0.231 e. The fourth-order valence-corrected chi connectivity index (χ4v) is 4.19. The van der Waals surface area contributed by atoms with E-state index < -0.39 is 0 Å². The van der Waals surface area contributed by atoms with Crippen LogP contribution in [-0.4, -0.2) is 30.9 Å². The first-order valence-corrected chi connectivity index (χ1v) is 10.1. The number of carbonyl (C=O) groups is 2. The number of carbonyl (C=O) groups excluding carboxylic acids is 2. The summed E-state index contributed by atoms with van der Waals surface area (Å²) in [6, 6.07) is 16.1. The van der Waals surface area contributed by atoms with Crippen molar-refractivity contribution in [1.29, 1.82) is 0 Å². The summed E-state index contributed by atoms with van der Waals surface area (Å²) in [6.07, 6.45) is 3.03. The molecular weight excluding hydrogens is 386 g/mol. The molecule has 4 rings (SSSR count). The molecule has 2 aromatic carbocycles. The van der Waals surface area contributed by atoms with Gasteiger partial charge in [0.15, 0.2) is 0 Å². The molecule has 0 saturated carbocycles. The van der Waals surface area contributed by atoms with Crippen molar-refractivity contribution in [3.05, 3.63) is 59.7 Å². The van der Waals surface area contributed by atoms with E-state index in [2.05, 4.69) is 23.6 Å². The second-order valence-corrected chi connectivity index (χ2v) is 7.86. The van der Waals surface area contributed by atoms with E-state index in [1.54, 1.807) is 0 Å². The fourth-order valence-electron chi connectivity index (χ4n) is 4.19. The van der Waals surface area contributed by atoms with Crippen LogP contribution in [0.15, 0.2) is 48.5 Å². The predicted octanol–water partition coefficient (Wildman–Crippen LogP) is 3.57. The van der Waals surface area contributed by atoms with E-state index in [0.29, 0.717) is 12.5 Å². The van der Waals surface area contributed by atoms with Crippen LogP contribution in [0.2, 0.25) is 0 Å². The summed E-state index contributed by atoms with van der Waals surface area (Å²) in [7, 11) is 0. The Morgan fingerprint density at radius 1 is 1.14 bits per heavy atom. The first kappa shape index (κ1) is 21.3. The van der Waals surface area contributed by atoms with Crippen LogP contribution in [0, 0.1) is 5.92 Å². The lowest BCUT2D eigenvalue weighted by Gasteiger charge is -2.27. The minimum absolute atomic E-state index is 0. The van der Waals surface area contributed by atoms with Crippen molar-refractivity contribution in [2.75, 3.05) is 23.3 Å². The van der Waals surface area contributed by atoms with Crippen LogP contribution in [-0.2, 0) is 22.4 Å². The average molecular weight is 414 g/mol. The Morgan fingerprint density at radius 2 is 1.90 bits per heavy atom. The summed E-state index contributed by atoms with van der Waals surface area (Å²) in [4.78, 5) is 27.1. The number of hydrogen-bond acceptors (Lipinski definition) is 3. The summed E-state index contributed by atoms with van der Waals surface area (Å²) in [5.74, 6) is 0.268. The first-order valence-electron chi connectivity index (χ1n) is 10.1. The number of halogens is 1. The predicted molar refractivity (Wildman–Crippen MR) is 119 cm³/mol. The van der Waals surface area contributed by atoms with E-state index in [0.717, 1.165) is 49.3 Å². The Balaban J connectivity index is 0.00000240. The molecular formula is C23H28ClN3O2. The van der Waals surface area contributed by atoms with Gasteiger partial charge in [-0.05, 0) is 62.1 Å². The number of piperidine rings is 1. The first-order chi connectivity index (χ1) is 13.6. The van der Waals surface area contributed by atoms with Gasteiger partial charge >= 0.3 is 0 Å². The van der Waals surface area contributed by atoms with Crippen molar-refractivity contribution < 1.29 is 9.59 Å². The molecule has 0 bridgehead atoms. The van der Waals surface area contributed by atoms with Crippen LogP contribution in [0.3, 0.4) is 0 Å². The Hall–Kier alpha value is -2.37. The topological polar surface area (TPSA) is 61.4 Å². The quantitative estimate of drug-likeness (QED) is 0.805. The lowest BCUT2D eigenvalue weighted by Crippen LogP contribution is -2.40. The van der Waals surface area contributed by atoms with Gasteiger partial charge in [0, 0.05) is 29.9 Å². The van der Waals surface area contributed by atoms with Gasteiger partial charge in [0.2, 0.25) is 11.8 Å². The highest BCUT2D eigenvalue weighted by atomic mass is 35.5. The Bertz CT molecular complexity index is 869. The maximum atomic E-state index is 12.7. The minimum Gasteiger partial charge on any atom is -0.326 e. The van der Waals surface area contributed by atoms with Crippen molar-refractivity contribution >= 4 is 35.6 Å². The fraction of sp³-hybridized carbons (Fsp3) is 0.391. The molecule has 5 nitrogen and oxygen atoms in total. The number of fused-ring (bicyclic) bond motifs is 1. The number of nitrogens with one attached hydrogen (secondary N) is 2. The highest BCUT2D eigenvalue weighted by Gasteiger charge is 2.25. The molecule has 2 aliphatic rings. The third-order valence-corrected chi connectivity index (χ3v) is 5.76. The minimum atomic E-state index is 0. The summed E-state index contributed by atoms with van der Waals surface area (Å²) in [5, 5.41) is 6.39. The molecule has 1 saturated heterocycles. The summed E-state index contributed by atoms with van der Waals surface area (Å²) < 4.78 is 0.